The maximum atomic E-state index is 13.5. The van der Waals surface area contributed by atoms with Crippen LogP contribution in [0.15, 0.2) is 24.3 Å². The molecule has 7 heteroatoms. The molecule has 1 atom stereocenters. The number of thiophene rings is 1. The molecule has 1 heterocycles. The standard InChI is InChI=1S/C17H16F2N2O2S/c1-9-2-5-14-10(6-9)7-15(24-14)17(23)21-20-16(22)12-4-3-11(18)8-13(12)19/h3-4,7-9H,2,5-6H2,1H3,(H,20,22)(H,21,23)/t9-/m0/s1. The number of aryl methyl sites for hydroxylation is 1. The quantitative estimate of drug-likeness (QED) is 0.817. The molecule has 0 saturated heterocycles. The van der Waals surface area contributed by atoms with Gasteiger partial charge in [0, 0.05) is 10.9 Å². The highest BCUT2D eigenvalue weighted by molar-refractivity contribution is 7.14. The minimum absolute atomic E-state index is 0.337. The average Bonchev–Trinajstić information content (AvgIpc) is 2.95. The second-order valence-electron chi connectivity index (χ2n) is 5.94. The van der Waals surface area contributed by atoms with Crippen molar-refractivity contribution in [3.8, 4) is 0 Å². The molecular weight excluding hydrogens is 334 g/mol. The van der Waals surface area contributed by atoms with E-state index in [2.05, 4.69) is 17.8 Å². The molecule has 1 aromatic carbocycles. The molecule has 0 aliphatic heterocycles. The lowest BCUT2D eigenvalue weighted by Gasteiger charge is -2.16. The van der Waals surface area contributed by atoms with E-state index in [0.717, 1.165) is 31.4 Å². The van der Waals surface area contributed by atoms with Crippen LogP contribution in [-0.2, 0) is 12.8 Å². The highest BCUT2D eigenvalue weighted by atomic mass is 32.1. The van der Waals surface area contributed by atoms with Gasteiger partial charge in [-0.2, -0.15) is 0 Å². The number of halogens is 2. The second kappa shape index (κ2) is 6.68. The number of hydrogen-bond donors (Lipinski definition) is 2. The number of rotatable bonds is 2. The van der Waals surface area contributed by atoms with Crippen LogP contribution >= 0.6 is 11.3 Å². The van der Waals surface area contributed by atoms with Gasteiger partial charge in [-0.25, -0.2) is 8.78 Å². The molecular formula is C17H16F2N2O2S. The van der Waals surface area contributed by atoms with Gasteiger partial charge in [-0.1, -0.05) is 6.92 Å². The zero-order valence-electron chi connectivity index (χ0n) is 13.0. The van der Waals surface area contributed by atoms with Crippen molar-refractivity contribution in [1.82, 2.24) is 10.9 Å². The predicted octanol–water partition coefficient (Wildman–Crippen LogP) is 3.23. The lowest BCUT2D eigenvalue weighted by atomic mass is 9.90. The molecule has 126 valence electrons. The van der Waals surface area contributed by atoms with Gasteiger partial charge in [-0.05, 0) is 48.9 Å². The number of nitrogens with one attached hydrogen (secondary N) is 2. The number of benzene rings is 1. The topological polar surface area (TPSA) is 58.2 Å². The summed E-state index contributed by atoms with van der Waals surface area (Å²) >= 11 is 1.41. The molecule has 0 saturated carbocycles. The van der Waals surface area contributed by atoms with Crippen molar-refractivity contribution in [2.45, 2.75) is 26.2 Å². The van der Waals surface area contributed by atoms with Crippen LogP contribution in [-0.4, -0.2) is 11.8 Å². The fourth-order valence-electron chi connectivity index (χ4n) is 2.73. The lowest BCUT2D eigenvalue weighted by molar-refractivity contribution is 0.0846. The highest BCUT2D eigenvalue weighted by Crippen LogP contribution is 2.32. The summed E-state index contributed by atoms with van der Waals surface area (Å²) in [4.78, 5) is 25.7. The maximum Gasteiger partial charge on any atom is 0.279 e. The zero-order valence-corrected chi connectivity index (χ0v) is 13.8. The number of hydrogen-bond acceptors (Lipinski definition) is 3. The number of carbonyl (C=O) groups excluding carboxylic acids is 2. The largest absolute Gasteiger partial charge is 0.279 e. The third kappa shape index (κ3) is 3.46. The molecule has 24 heavy (non-hydrogen) atoms. The zero-order chi connectivity index (χ0) is 17.3. The van der Waals surface area contributed by atoms with E-state index in [1.807, 2.05) is 6.07 Å². The molecule has 0 fully saturated rings. The summed E-state index contributed by atoms with van der Waals surface area (Å²) in [6.07, 6.45) is 3.02. The smallest absolute Gasteiger partial charge is 0.267 e. The van der Waals surface area contributed by atoms with E-state index < -0.39 is 23.4 Å². The Kier molecular flexibility index (Phi) is 4.62. The van der Waals surface area contributed by atoms with Gasteiger partial charge in [0.1, 0.15) is 11.6 Å². The lowest BCUT2D eigenvalue weighted by Crippen LogP contribution is -2.41. The van der Waals surface area contributed by atoms with Crippen LogP contribution in [0.1, 0.15) is 43.8 Å². The number of amides is 2. The van der Waals surface area contributed by atoms with E-state index in [1.54, 1.807) is 0 Å². The van der Waals surface area contributed by atoms with Gasteiger partial charge in [0.15, 0.2) is 0 Å². The molecule has 3 rings (SSSR count). The van der Waals surface area contributed by atoms with E-state index in [-0.39, 0.29) is 5.56 Å². The minimum Gasteiger partial charge on any atom is -0.267 e. The first kappa shape index (κ1) is 16.6. The van der Waals surface area contributed by atoms with Crippen molar-refractivity contribution < 1.29 is 18.4 Å². The molecule has 2 aromatic rings. The molecule has 0 spiro atoms. The van der Waals surface area contributed by atoms with Gasteiger partial charge in [-0.15, -0.1) is 11.3 Å². The van der Waals surface area contributed by atoms with E-state index >= 15 is 0 Å². The van der Waals surface area contributed by atoms with E-state index in [1.165, 1.54) is 21.8 Å². The average molecular weight is 350 g/mol. The van der Waals surface area contributed by atoms with Crippen LogP contribution in [0, 0.1) is 17.6 Å². The van der Waals surface area contributed by atoms with Crippen LogP contribution in [0.5, 0.6) is 0 Å². The predicted molar refractivity (Wildman–Crippen MR) is 86.8 cm³/mol. The summed E-state index contributed by atoms with van der Waals surface area (Å²) in [6.45, 7) is 2.18. The Morgan fingerprint density at radius 3 is 2.67 bits per heavy atom. The molecule has 2 amide bonds. The van der Waals surface area contributed by atoms with Crippen LogP contribution in [0.3, 0.4) is 0 Å². The molecule has 1 aromatic heterocycles. The Morgan fingerprint density at radius 1 is 1.17 bits per heavy atom. The molecule has 1 aliphatic carbocycles. The van der Waals surface area contributed by atoms with Crippen molar-refractivity contribution in [2.75, 3.05) is 0 Å². The van der Waals surface area contributed by atoms with Crippen molar-refractivity contribution in [1.29, 1.82) is 0 Å². The second-order valence-corrected chi connectivity index (χ2v) is 7.08. The van der Waals surface area contributed by atoms with Gasteiger partial charge in [0.2, 0.25) is 0 Å². The highest BCUT2D eigenvalue weighted by Gasteiger charge is 2.21. The first-order valence-electron chi connectivity index (χ1n) is 7.61. The van der Waals surface area contributed by atoms with Crippen LogP contribution in [0.4, 0.5) is 8.78 Å². The summed E-state index contributed by atoms with van der Waals surface area (Å²) in [5.74, 6) is -2.44. The molecule has 2 N–H and O–H groups in total. The van der Waals surface area contributed by atoms with Crippen LogP contribution < -0.4 is 10.9 Å². The summed E-state index contributed by atoms with van der Waals surface area (Å²) in [7, 11) is 0. The van der Waals surface area contributed by atoms with Gasteiger partial charge >= 0.3 is 0 Å². The molecule has 1 aliphatic rings. The fourth-order valence-corrected chi connectivity index (χ4v) is 3.84. The Bertz CT molecular complexity index is 804. The first-order valence-corrected chi connectivity index (χ1v) is 8.43. The Labute approximate surface area is 141 Å². The van der Waals surface area contributed by atoms with E-state index in [4.69, 9.17) is 0 Å². The number of fused-ring (bicyclic) bond motifs is 1. The van der Waals surface area contributed by atoms with Crippen LogP contribution in [0.25, 0.3) is 0 Å². The third-order valence-corrected chi connectivity index (χ3v) is 5.25. The van der Waals surface area contributed by atoms with E-state index in [0.29, 0.717) is 16.9 Å². The molecule has 0 radical (unpaired) electrons. The summed E-state index contributed by atoms with van der Waals surface area (Å²) < 4.78 is 26.4. The van der Waals surface area contributed by atoms with Gasteiger partial charge in [0.25, 0.3) is 11.8 Å². The van der Waals surface area contributed by atoms with Crippen molar-refractivity contribution >= 4 is 23.2 Å². The number of carbonyl (C=O) groups is 2. The Morgan fingerprint density at radius 2 is 1.92 bits per heavy atom. The van der Waals surface area contributed by atoms with Crippen molar-refractivity contribution in [2.24, 2.45) is 5.92 Å². The minimum atomic E-state index is -0.984. The van der Waals surface area contributed by atoms with Crippen molar-refractivity contribution in [3.05, 3.63) is 56.8 Å². The Hall–Kier alpha value is -2.28. The molecule has 0 bridgehead atoms. The van der Waals surface area contributed by atoms with E-state index in [9.17, 15) is 18.4 Å². The first-order chi connectivity index (χ1) is 11.4. The molecule has 4 nitrogen and oxygen atoms in total. The third-order valence-electron chi connectivity index (χ3n) is 4.02. The van der Waals surface area contributed by atoms with Gasteiger partial charge < -0.3 is 0 Å². The van der Waals surface area contributed by atoms with Crippen LogP contribution in [0.2, 0.25) is 0 Å². The van der Waals surface area contributed by atoms with Crippen molar-refractivity contribution in [3.63, 3.8) is 0 Å². The summed E-state index contributed by atoms with van der Waals surface area (Å²) in [5, 5.41) is 0. The number of hydrazine groups is 1. The summed E-state index contributed by atoms with van der Waals surface area (Å²) in [5.41, 5.74) is 5.27. The Balaban J connectivity index is 1.64. The molecule has 0 unspecified atom stereocenters. The SMILES string of the molecule is C[C@H]1CCc2sc(C(=O)NNC(=O)c3ccc(F)cc3F)cc2C1. The summed E-state index contributed by atoms with van der Waals surface area (Å²) in [6, 6.07) is 4.46. The maximum absolute atomic E-state index is 13.5. The van der Waals surface area contributed by atoms with Gasteiger partial charge in [-0.3, -0.25) is 20.4 Å². The monoisotopic (exact) mass is 350 g/mol. The normalized spacial score (nSPS) is 16.4. The van der Waals surface area contributed by atoms with Gasteiger partial charge in [0.05, 0.1) is 10.4 Å². The fraction of sp³-hybridized carbons (Fsp3) is 0.294.